The zero-order valence-electron chi connectivity index (χ0n) is 9.91. The zero-order chi connectivity index (χ0) is 14.5. The number of amides is 1. The molecule has 0 aliphatic rings. The van der Waals surface area contributed by atoms with Gasteiger partial charge in [-0.1, -0.05) is 12.1 Å². The maximum Gasteiger partial charge on any atom is 0.247 e. The molecule has 0 aliphatic carbocycles. The molecule has 4 N–H and O–H groups in total. The highest BCUT2D eigenvalue weighted by Gasteiger charge is 2.16. The Kier molecular flexibility index (Phi) is 5.00. The Labute approximate surface area is 110 Å². The topological polar surface area (TPSA) is 133 Å². The normalized spacial score (nSPS) is 12.6. The Morgan fingerprint density at radius 1 is 1.42 bits per heavy atom. The van der Waals surface area contributed by atoms with Crippen LogP contribution in [0.2, 0.25) is 0 Å². The molecule has 1 aromatic carbocycles. The first kappa shape index (κ1) is 15.1. The smallest absolute Gasteiger partial charge is 0.247 e. The van der Waals surface area contributed by atoms with Gasteiger partial charge in [0.05, 0.1) is 17.4 Å². The van der Waals surface area contributed by atoms with Crippen molar-refractivity contribution < 1.29 is 18.3 Å². The molecule has 1 amide bonds. The third kappa shape index (κ3) is 5.05. The van der Waals surface area contributed by atoms with E-state index in [1.165, 1.54) is 24.3 Å². The number of hydrogen-bond donors (Lipinski definition) is 3. The number of hydrogen-bond acceptors (Lipinski definition) is 5. The van der Waals surface area contributed by atoms with Crippen molar-refractivity contribution in [3.8, 4) is 6.07 Å². The summed E-state index contributed by atoms with van der Waals surface area (Å²) in [5.41, 5.74) is 5.71. The number of aliphatic hydroxyl groups is 1. The Morgan fingerprint density at radius 2 is 2.00 bits per heavy atom. The number of carbonyl (C=O) groups excluding carboxylic acids is 1. The molecular formula is C11H13N3O4S. The number of primary amides is 1. The number of rotatable bonds is 6. The molecule has 1 rings (SSSR count). The minimum Gasteiger partial charge on any atom is -0.382 e. The van der Waals surface area contributed by atoms with E-state index in [2.05, 4.69) is 4.72 Å². The van der Waals surface area contributed by atoms with Gasteiger partial charge in [0.2, 0.25) is 15.9 Å². The summed E-state index contributed by atoms with van der Waals surface area (Å²) in [6.07, 6.45) is -1.56. The maximum absolute atomic E-state index is 11.6. The van der Waals surface area contributed by atoms with Crippen LogP contribution in [0.1, 0.15) is 11.1 Å². The highest BCUT2D eigenvalue weighted by molar-refractivity contribution is 7.88. The molecule has 0 heterocycles. The predicted octanol–water partition coefficient (Wildman–Crippen LogP) is -1.18. The number of nitrogens with zero attached hydrogens (tertiary/aromatic N) is 1. The summed E-state index contributed by atoms with van der Waals surface area (Å²) in [5, 5.41) is 17.7. The third-order valence-electron chi connectivity index (χ3n) is 2.26. The van der Waals surface area contributed by atoms with Gasteiger partial charge in [0.15, 0.2) is 0 Å². The SMILES string of the molecule is N#Cc1ccc(CS(=O)(=O)NCC(O)C(N)=O)cc1. The number of carbonyl (C=O) groups is 1. The summed E-state index contributed by atoms with van der Waals surface area (Å²) in [6, 6.07) is 7.96. The van der Waals surface area contributed by atoms with Gasteiger partial charge in [0, 0.05) is 6.54 Å². The van der Waals surface area contributed by atoms with Crippen LogP contribution in [0.5, 0.6) is 0 Å². The molecule has 19 heavy (non-hydrogen) atoms. The van der Waals surface area contributed by atoms with Gasteiger partial charge in [-0.05, 0) is 17.7 Å². The minimum atomic E-state index is -3.68. The summed E-state index contributed by atoms with van der Waals surface area (Å²) in [7, 11) is -3.68. The molecule has 0 saturated heterocycles. The van der Waals surface area contributed by atoms with Crippen molar-refractivity contribution in [3.05, 3.63) is 35.4 Å². The fraction of sp³-hybridized carbons (Fsp3) is 0.273. The van der Waals surface area contributed by atoms with Crippen LogP contribution in [0, 0.1) is 11.3 Å². The van der Waals surface area contributed by atoms with Gasteiger partial charge in [0.1, 0.15) is 6.10 Å². The second kappa shape index (κ2) is 6.29. The van der Waals surface area contributed by atoms with Gasteiger partial charge in [-0.3, -0.25) is 4.79 Å². The van der Waals surface area contributed by atoms with Crippen LogP contribution in [0.3, 0.4) is 0 Å². The molecule has 0 aliphatic heterocycles. The van der Waals surface area contributed by atoms with Gasteiger partial charge in [-0.25, -0.2) is 13.1 Å². The number of sulfonamides is 1. The molecule has 0 saturated carbocycles. The van der Waals surface area contributed by atoms with Crippen LogP contribution in [-0.2, 0) is 20.6 Å². The van der Waals surface area contributed by atoms with E-state index in [1.807, 2.05) is 6.07 Å². The summed E-state index contributed by atoms with van der Waals surface area (Å²) < 4.78 is 25.4. The molecule has 1 aromatic rings. The van der Waals surface area contributed by atoms with Gasteiger partial charge < -0.3 is 10.8 Å². The van der Waals surface area contributed by atoms with Gasteiger partial charge in [-0.2, -0.15) is 5.26 Å². The van der Waals surface area contributed by atoms with Crippen LogP contribution in [0.4, 0.5) is 0 Å². The fourth-order valence-corrected chi connectivity index (χ4v) is 2.40. The quantitative estimate of drug-likeness (QED) is 0.604. The lowest BCUT2D eigenvalue weighted by Gasteiger charge is -2.09. The van der Waals surface area contributed by atoms with Gasteiger partial charge >= 0.3 is 0 Å². The molecule has 1 unspecified atom stereocenters. The lowest BCUT2D eigenvalue weighted by molar-refractivity contribution is -0.125. The number of aliphatic hydroxyl groups excluding tert-OH is 1. The third-order valence-corrected chi connectivity index (χ3v) is 3.58. The van der Waals surface area contributed by atoms with E-state index in [-0.39, 0.29) is 5.75 Å². The van der Waals surface area contributed by atoms with E-state index in [0.717, 1.165) is 0 Å². The molecule has 7 nitrogen and oxygen atoms in total. The molecule has 0 radical (unpaired) electrons. The van der Waals surface area contributed by atoms with Crippen molar-refractivity contribution in [2.45, 2.75) is 11.9 Å². The van der Waals surface area contributed by atoms with Crippen molar-refractivity contribution in [1.29, 1.82) is 5.26 Å². The zero-order valence-corrected chi connectivity index (χ0v) is 10.7. The first-order valence-electron chi connectivity index (χ1n) is 5.28. The van der Waals surface area contributed by atoms with E-state index in [0.29, 0.717) is 11.1 Å². The average Bonchev–Trinajstić information content (AvgIpc) is 2.36. The van der Waals surface area contributed by atoms with Gasteiger partial charge in [-0.15, -0.1) is 0 Å². The van der Waals surface area contributed by atoms with E-state index >= 15 is 0 Å². The standard InChI is InChI=1S/C11H13N3O4S/c12-5-8-1-3-9(4-2-8)7-19(17,18)14-6-10(15)11(13)16/h1-4,10,14-15H,6-7H2,(H2,13,16). The molecule has 0 aromatic heterocycles. The van der Waals surface area contributed by atoms with Crippen LogP contribution in [-0.4, -0.2) is 32.1 Å². The van der Waals surface area contributed by atoms with E-state index in [4.69, 9.17) is 16.1 Å². The lowest BCUT2D eigenvalue weighted by atomic mass is 10.2. The second-order valence-electron chi connectivity index (χ2n) is 3.83. The predicted molar refractivity (Wildman–Crippen MR) is 67.0 cm³/mol. The van der Waals surface area contributed by atoms with E-state index in [9.17, 15) is 13.2 Å². The Balaban J connectivity index is 2.64. The second-order valence-corrected chi connectivity index (χ2v) is 5.64. The van der Waals surface area contributed by atoms with Crippen LogP contribution in [0.15, 0.2) is 24.3 Å². The van der Waals surface area contributed by atoms with E-state index < -0.39 is 28.6 Å². The molecular weight excluding hydrogens is 270 g/mol. The minimum absolute atomic E-state index is 0.315. The Bertz CT molecular complexity index is 589. The Hall–Kier alpha value is -1.95. The largest absolute Gasteiger partial charge is 0.382 e. The molecule has 8 heteroatoms. The molecule has 0 spiro atoms. The number of nitriles is 1. The van der Waals surface area contributed by atoms with Crippen molar-refractivity contribution in [2.75, 3.05) is 6.54 Å². The summed E-state index contributed by atoms with van der Waals surface area (Å²) in [4.78, 5) is 10.6. The first-order valence-corrected chi connectivity index (χ1v) is 6.93. The first-order chi connectivity index (χ1) is 8.84. The summed E-state index contributed by atoms with van der Waals surface area (Å²) in [6.45, 7) is -0.464. The fourth-order valence-electron chi connectivity index (χ4n) is 1.25. The number of nitrogens with one attached hydrogen (secondary N) is 1. The van der Waals surface area contributed by atoms with Crippen molar-refractivity contribution in [2.24, 2.45) is 5.73 Å². The summed E-state index contributed by atoms with van der Waals surface area (Å²) in [5.74, 6) is -1.31. The number of benzene rings is 1. The molecule has 1 atom stereocenters. The highest BCUT2D eigenvalue weighted by Crippen LogP contribution is 2.07. The van der Waals surface area contributed by atoms with Gasteiger partial charge in [0.25, 0.3) is 0 Å². The van der Waals surface area contributed by atoms with Crippen LogP contribution in [0.25, 0.3) is 0 Å². The summed E-state index contributed by atoms with van der Waals surface area (Å²) >= 11 is 0. The van der Waals surface area contributed by atoms with Crippen LogP contribution < -0.4 is 10.5 Å². The molecule has 102 valence electrons. The monoisotopic (exact) mass is 283 g/mol. The maximum atomic E-state index is 11.6. The average molecular weight is 283 g/mol. The van der Waals surface area contributed by atoms with Crippen molar-refractivity contribution in [3.63, 3.8) is 0 Å². The van der Waals surface area contributed by atoms with Crippen molar-refractivity contribution in [1.82, 2.24) is 4.72 Å². The Morgan fingerprint density at radius 3 is 2.47 bits per heavy atom. The highest BCUT2D eigenvalue weighted by atomic mass is 32.2. The number of nitrogens with two attached hydrogens (primary N) is 1. The van der Waals surface area contributed by atoms with E-state index in [1.54, 1.807) is 0 Å². The molecule has 0 bridgehead atoms. The molecule has 0 fully saturated rings. The van der Waals surface area contributed by atoms with Crippen LogP contribution >= 0.6 is 0 Å². The van der Waals surface area contributed by atoms with Crippen molar-refractivity contribution >= 4 is 15.9 Å². The lowest BCUT2D eigenvalue weighted by Crippen LogP contribution is -2.40.